The van der Waals surface area contributed by atoms with E-state index in [9.17, 15) is 0 Å². The highest BCUT2D eigenvalue weighted by Gasteiger charge is 2.19. The van der Waals surface area contributed by atoms with E-state index in [1.54, 1.807) is 0 Å². The largest absolute Gasteiger partial charge is 0.309 e. The zero-order valence-electron chi connectivity index (χ0n) is 25.8. The minimum atomic E-state index is 0.624. The maximum absolute atomic E-state index is 5.24. The van der Waals surface area contributed by atoms with E-state index < -0.39 is 0 Å². The van der Waals surface area contributed by atoms with E-state index in [2.05, 4.69) is 143 Å². The molecule has 4 heterocycles. The van der Waals surface area contributed by atoms with Gasteiger partial charge in [-0.1, -0.05) is 97.1 Å². The molecule has 0 saturated carbocycles. The Morgan fingerprint density at radius 1 is 0.396 bits per heavy atom. The number of pyridine rings is 1. The fourth-order valence-electron chi connectivity index (χ4n) is 7.21. The van der Waals surface area contributed by atoms with E-state index in [-0.39, 0.29) is 0 Å². The molecule has 48 heavy (non-hydrogen) atoms. The summed E-state index contributed by atoms with van der Waals surface area (Å²) in [6.45, 7) is 0. The Balaban J connectivity index is 1.22. The van der Waals surface area contributed by atoms with E-state index in [1.807, 2.05) is 30.5 Å². The summed E-state index contributed by atoms with van der Waals surface area (Å²) in [5.41, 5.74) is 11.6. The van der Waals surface area contributed by atoms with Gasteiger partial charge in [0.25, 0.3) is 0 Å². The summed E-state index contributed by atoms with van der Waals surface area (Å²) in [6, 6.07) is 55.3. The second-order valence-corrected chi connectivity index (χ2v) is 12.1. The van der Waals surface area contributed by atoms with Crippen LogP contribution in [-0.4, -0.2) is 24.1 Å². The molecule has 224 valence electrons. The molecule has 0 radical (unpaired) electrons. The number of para-hydroxylation sites is 3. The standard InChI is InChI=1S/C43H27N5/c1-3-12-28(13-4-1)41-33-17-7-9-18-36(33)45-43(46-41)48-39-20-11-25-44-42(39)34-23-21-30(27-40(34)48)29-22-24-38-35(26-29)32-16-8-10-19-37(32)47(38)31-14-5-2-6-15-31/h1-27H. The van der Waals surface area contributed by atoms with Crippen molar-refractivity contribution >= 4 is 54.6 Å². The zero-order valence-corrected chi connectivity index (χ0v) is 25.8. The highest BCUT2D eigenvalue weighted by molar-refractivity contribution is 6.11. The van der Waals surface area contributed by atoms with Gasteiger partial charge in [0, 0.05) is 39.0 Å². The average molecular weight is 614 g/mol. The number of hydrogen-bond acceptors (Lipinski definition) is 3. The molecule has 10 rings (SSSR count). The third-order valence-electron chi connectivity index (χ3n) is 9.38. The van der Waals surface area contributed by atoms with Gasteiger partial charge in [0.15, 0.2) is 0 Å². The molecule has 0 saturated heterocycles. The van der Waals surface area contributed by atoms with Crippen molar-refractivity contribution in [2.24, 2.45) is 0 Å². The molecule has 0 amide bonds. The summed E-state index contributed by atoms with van der Waals surface area (Å²) >= 11 is 0. The van der Waals surface area contributed by atoms with Crippen LogP contribution in [0.15, 0.2) is 164 Å². The van der Waals surface area contributed by atoms with Gasteiger partial charge in [0.1, 0.15) is 0 Å². The van der Waals surface area contributed by atoms with Crippen LogP contribution in [0.2, 0.25) is 0 Å². The number of benzene rings is 6. The fraction of sp³-hybridized carbons (Fsp3) is 0. The van der Waals surface area contributed by atoms with E-state index in [4.69, 9.17) is 15.0 Å². The lowest BCUT2D eigenvalue weighted by molar-refractivity contribution is 1.01. The van der Waals surface area contributed by atoms with Crippen LogP contribution in [-0.2, 0) is 0 Å². The Bertz CT molecular complexity index is 2830. The van der Waals surface area contributed by atoms with Crippen LogP contribution in [0.25, 0.3) is 88.7 Å². The molecule has 5 nitrogen and oxygen atoms in total. The first-order valence-corrected chi connectivity index (χ1v) is 16.1. The van der Waals surface area contributed by atoms with Crippen molar-refractivity contribution in [2.45, 2.75) is 0 Å². The molecule has 6 aromatic carbocycles. The second kappa shape index (κ2) is 10.5. The van der Waals surface area contributed by atoms with Crippen LogP contribution >= 0.6 is 0 Å². The highest BCUT2D eigenvalue weighted by Crippen LogP contribution is 2.38. The normalized spacial score (nSPS) is 11.8. The average Bonchev–Trinajstić information content (AvgIpc) is 3.67. The lowest BCUT2D eigenvalue weighted by Crippen LogP contribution is -2.03. The van der Waals surface area contributed by atoms with Crippen LogP contribution in [0.5, 0.6) is 0 Å². The predicted molar refractivity (Wildman–Crippen MR) is 197 cm³/mol. The summed E-state index contributed by atoms with van der Waals surface area (Å²) in [6.07, 6.45) is 1.85. The SMILES string of the molecule is c1ccc(-c2nc(-n3c4cc(-c5ccc6c(c5)c5ccccc5n6-c5ccccc5)ccc4c4ncccc43)nc3ccccc23)cc1. The fourth-order valence-corrected chi connectivity index (χ4v) is 7.21. The van der Waals surface area contributed by atoms with Gasteiger partial charge >= 0.3 is 0 Å². The second-order valence-electron chi connectivity index (χ2n) is 12.1. The van der Waals surface area contributed by atoms with Crippen molar-refractivity contribution in [3.05, 3.63) is 164 Å². The first-order chi connectivity index (χ1) is 23.8. The smallest absolute Gasteiger partial charge is 0.235 e. The molecule has 5 heteroatoms. The van der Waals surface area contributed by atoms with Gasteiger partial charge in [0.05, 0.1) is 38.8 Å². The van der Waals surface area contributed by atoms with Crippen molar-refractivity contribution in [2.75, 3.05) is 0 Å². The molecule has 0 aliphatic heterocycles. The Kier molecular flexibility index (Phi) is 5.81. The van der Waals surface area contributed by atoms with Gasteiger partial charge in [-0.05, 0) is 71.8 Å². The van der Waals surface area contributed by atoms with E-state index in [0.29, 0.717) is 5.95 Å². The summed E-state index contributed by atoms with van der Waals surface area (Å²) in [4.78, 5) is 15.2. The van der Waals surface area contributed by atoms with E-state index in [1.165, 1.54) is 21.8 Å². The van der Waals surface area contributed by atoms with Crippen molar-refractivity contribution < 1.29 is 0 Å². The van der Waals surface area contributed by atoms with Crippen LogP contribution in [0.4, 0.5) is 0 Å². The van der Waals surface area contributed by atoms with Gasteiger partial charge in [-0.25, -0.2) is 9.97 Å². The molecule has 0 spiro atoms. The Morgan fingerprint density at radius 2 is 1.08 bits per heavy atom. The molecule has 0 aliphatic carbocycles. The van der Waals surface area contributed by atoms with Gasteiger partial charge < -0.3 is 4.57 Å². The van der Waals surface area contributed by atoms with Gasteiger partial charge in [0.2, 0.25) is 5.95 Å². The van der Waals surface area contributed by atoms with Crippen LogP contribution in [0.1, 0.15) is 0 Å². The first kappa shape index (κ1) is 26.6. The number of hydrogen-bond donors (Lipinski definition) is 0. The molecule has 0 bridgehead atoms. The highest BCUT2D eigenvalue weighted by atomic mass is 15.2. The third kappa shape index (κ3) is 4.01. The third-order valence-corrected chi connectivity index (χ3v) is 9.38. The van der Waals surface area contributed by atoms with Gasteiger partial charge in [-0.15, -0.1) is 0 Å². The molecular formula is C43H27N5. The monoisotopic (exact) mass is 613 g/mol. The molecule has 0 unspecified atom stereocenters. The van der Waals surface area contributed by atoms with Crippen molar-refractivity contribution in [1.82, 2.24) is 24.1 Å². The van der Waals surface area contributed by atoms with Crippen molar-refractivity contribution in [1.29, 1.82) is 0 Å². The van der Waals surface area contributed by atoms with Crippen LogP contribution in [0.3, 0.4) is 0 Å². The summed E-state index contributed by atoms with van der Waals surface area (Å²) < 4.78 is 4.52. The summed E-state index contributed by atoms with van der Waals surface area (Å²) in [5.74, 6) is 0.624. The molecular weight excluding hydrogens is 587 g/mol. The summed E-state index contributed by atoms with van der Waals surface area (Å²) in [5, 5.41) is 4.54. The lowest BCUT2D eigenvalue weighted by Gasteiger charge is -2.12. The van der Waals surface area contributed by atoms with E-state index >= 15 is 0 Å². The number of aromatic nitrogens is 5. The quantitative estimate of drug-likeness (QED) is 0.198. The molecule has 0 fully saturated rings. The van der Waals surface area contributed by atoms with Gasteiger partial charge in [-0.2, -0.15) is 0 Å². The Labute approximate surface area is 276 Å². The molecule has 10 aromatic rings. The maximum atomic E-state index is 5.24. The van der Waals surface area contributed by atoms with Crippen LogP contribution in [0, 0.1) is 0 Å². The lowest BCUT2D eigenvalue weighted by atomic mass is 10.0. The number of rotatable bonds is 4. The molecule has 0 atom stereocenters. The Hall–Kier alpha value is -6.59. The topological polar surface area (TPSA) is 48.5 Å². The maximum Gasteiger partial charge on any atom is 0.235 e. The Morgan fingerprint density at radius 3 is 1.96 bits per heavy atom. The van der Waals surface area contributed by atoms with Gasteiger partial charge in [-0.3, -0.25) is 9.55 Å². The van der Waals surface area contributed by atoms with Crippen LogP contribution < -0.4 is 0 Å². The van der Waals surface area contributed by atoms with Crippen molar-refractivity contribution in [3.8, 4) is 34.0 Å². The first-order valence-electron chi connectivity index (χ1n) is 16.1. The van der Waals surface area contributed by atoms with E-state index in [0.717, 1.165) is 60.9 Å². The number of fused-ring (bicyclic) bond motifs is 7. The zero-order chi connectivity index (χ0) is 31.6. The van der Waals surface area contributed by atoms with Crippen molar-refractivity contribution in [3.63, 3.8) is 0 Å². The minimum absolute atomic E-state index is 0.624. The minimum Gasteiger partial charge on any atom is -0.309 e. The number of nitrogens with zero attached hydrogens (tertiary/aromatic N) is 5. The molecule has 0 N–H and O–H groups in total. The summed E-state index contributed by atoms with van der Waals surface area (Å²) in [7, 11) is 0. The molecule has 4 aromatic heterocycles. The molecule has 0 aliphatic rings. The predicted octanol–water partition coefficient (Wildman–Crippen LogP) is 10.6.